The van der Waals surface area contributed by atoms with Gasteiger partial charge in [0.05, 0.1) is 36.8 Å². The summed E-state index contributed by atoms with van der Waals surface area (Å²) in [4.78, 5) is 12.9. The molecule has 3 aromatic carbocycles. The second kappa shape index (κ2) is 11.4. The zero-order chi connectivity index (χ0) is 24.7. The molecule has 1 saturated heterocycles. The highest BCUT2D eigenvalue weighted by atomic mass is 32.2. The lowest BCUT2D eigenvalue weighted by atomic mass is 10.1. The van der Waals surface area contributed by atoms with Gasteiger partial charge in [-0.05, 0) is 55.0 Å². The first-order valence-electron chi connectivity index (χ1n) is 11.4. The number of amides is 1. The number of hydrogen-bond donors (Lipinski definition) is 1. The summed E-state index contributed by atoms with van der Waals surface area (Å²) in [7, 11) is -3.75. The molecule has 0 bridgehead atoms. The van der Waals surface area contributed by atoms with Gasteiger partial charge in [0, 0.05) is 13.1 Å². The molecular formula is C26H28N2O6S. The van der Waals surface area contributed by atoms with Gasteiger partial charge >= 0.3 is 0 Å². The van der Waals surface area contributed by atoms with Crippen molar-refractivity contribution in [1.82, 2.24) is 4.31 Å². The second-order valence-electron chi connectivity index (χ2n) is 7.89. The Hall–Kier alpha value is -3.40. The van der Waals surface area contributed by atoms with Gasteiger partial charge in [-0.25, -0.2) is 8.42 Å². The molecule has 1 heterocycles. The molecule has 1 aliphatic rings. The Morgan fingerprint density at radius 2 is 1.66 bits per heavy atom. The Bertz CT molecular complexity index is 1240. The summed E-state index contributed by atoms with van der Waals surface area (Å²) in [6.07, 6.45) is 0.143. The van der Waals surface area contributed by atoms with Crippen LogP contribution >= 0.6 is 0 Å². The predicted octanol–water partition coefficient (Wildman–Crippen LogP) is 4.08. The predicted molar refractivity (Wildman–Crippen MR) is 132 cm³/mol. The highest BCUT2D eigenvalue weighted by molar-refractivity contribution is 7.89. The van der Waals surface area contributed by atoms with Crippen molar-refractivity contribution in [2.75, 3.05) is 38.2 Å². The van der Waals surface area contributed by atoms with Crippen LogP contribution in [0.15, 0.2) is 77.7 Å². The maximum Gasteiger partial charge on any atom is 0.243 e. The van der Waals surface area contributed by atoms with Crippen LogP contribution in [0.2, 0.25) is 0 Å². The number of nitrogens with zero attached hydrogens (tertiary/aromatic N) is 1. The lowest BCUT2D eigenvalue weighted by molar-refractivity contribution is -0.115. The fourth-order valence-corrected chi connectivity index (χ4v) is 5.10. The maximum absolute atomic E-state index is 13.2. The summed E-state index contributed by atoms with van der Waals surface area (Å²) >= 11 is 0. The maximum atomic E-state index is 13.2. The molecule has 0 atom stereocenters. The third-order valence-electron chi connectivity index (χ3n) is 5.40. The molecular weight excluding hydrogens is 468 g/mol. The topological polar surface area (TPSA) is 94.2 Å². The van der Waals surface area contributed by atoms with Crippen molar-refractivity contribution >= 4 is 21.6 Å². The lowest BCUT2D eigenvalue weighted by Gasteiger charge is -2.26. The Morgan fingerprint density at radius 1 is 0.971 bits per heavy atom. The van der Waals surface area contributed by atoms with Crippen LogP contribution in [0.5, 0.6) is 17.2 Å². The quantitative estimate of drug-likeness (QED) is 0.480. The van der Waals surface area contributed by atoms with Gasteiger partial charge in [-0.15, -0.1) is 0 Å². The van der Waals surface area contributed by atoms with Gasteiger partial charge < -0.3 is 19.5 Å². The zero-order valence-electron chi connectivity index (χ0n) is 19.5. The fraction of sp³-hybridized carbons (Fsp3) is 0.269. The molecule has 1 aliphatic heterocycles. The molecule has 0 aliphatic carbocycles. The van der Waals surface area contributed by atoms with E-state index in [4.69, 9.17) is 14.2 Å². The summed E-state index contributed by atoms with van der Waals surface area (Å²) in [5, 5.41) is 2.83. The number of nitrogens with one attached hydrogen (secondary N) is 1. The van der Waals surface area contributed by atoms with Gasteiger partial charge in [-0.2, -0.15) is 4.31 Å². The molecule has 0 aromatic heterocycles. The number of ether oxygens (including phenoxy) is 3. The van der Waals surface area contributed by atoms with E-state index in [1.165, 1.54) is 16.4 Å². The van der Waals surface area contributed by atoms with E-state index in [0.717, 1.165) is 5.56 Å². The minimum atomic E-state index is -3.75. The molecule has 35 heavy (non-hydrogen) atoms. The van der Waals surface area contributed by atoms with E-state index in [-0.39, 0.29) is 36.0 Å². The van der Waals surface area contributed by atoms with Crippen LogP contribution in [0, 0.1) is 0 Å². The second-order valence-corrected chi connectivity index (χ2v) is 9.83. The van der Waals surface area contributed by atoms with Crippen LogP contribution in [-0.4, -0.2) is 51.5 Å². The van der Waals surface area contributed by atoms with Gasteiger partial charge in [0.2, 0.25) is 15.9 Å². The van der Waals surface area contributed by atoms with Crippen LogP contribution in [0.1, 0.15) is 12.5 Å². The zero-order valence-corrected chi connectivity index (χ0v) is 20.3. The normalized spacial score (nSPS) is 14.3. The van der Waals surface area contributed by atoms with E-state index < -0.39 is 10.0 Å². The van der Waals surface area contributed by atoms with E-state index in [0.29, 0.717) is 37.1 Å². The van der Waals surface area contributed by atoms with Crippen molar-refractivity contribution in [3.8, 4) is 17.2 Å². The number of rotatable bonds is 9. The molecule has 1 N–H and O–H groups in total. The summed E-state index contributed by atoms with van der Waals surface area (Å²) in [5.74, 6) is 1.28. The first kappa shape index (κ1) is 24.7. The number of anilines is 1. The summed E-state index contributed by atoms with van der Waals surface area (Å²) in [6, 6.07) is 20.9. The van der Waals surface area contributed by atoms with Crippen LogP contribution < -0.4 is 14.8 Å². The fourth-order valence-electron chi connectivity index (χ4n) is 3.67. The van der Waals surface area contributed by atoms with Crippen molar-refractivity contribution in [2.24, 2.45) is 0 Å². The molecule has 184 valence electrons. The first-order valence-corrected chi connectivity index (χ1v) is 12.9. The van der Waals surface area contributed by atoms with Gasteiger partial charge in [0.1, 0.15) is 11.5 Å². The van der Waals surface area contributed by atoms with Crippen molar-refractivity contribution in [1.29, 1.82) is 0 Å². The molecule has 4 rings (SSSR count). The Balaban J connectivity index is 1.61. The number of hydrogen-bond acceptors (Lipinski definition) is 6. The minimum absolute atomic E-state index is 0.0773. The van der Waals surface area contributed by atoms with Gasteiger partial charge in [-0.1, -0.05) is 30.3 Å². The standard InChI is InChI=1S/C26H28N2O6S/c1-2-33-21-8-10-22(11-9-21)34-25-13-12-23(35(30,31)28-14-16-32-17-15-28)19-24(25)27-26(29)18-20-6-4-3-5-7-20/h3-13,19H,2,14-18H2,1H3,(H,27,29). The molecule has 0 saturated carbocycles. The molecule has 1 amide bonds. The highest BCUT2D eigenvalue weighted by Crippen LogP contribution is 2.33. The Kier molecular flexibility index (Phi) is 8.02. The largest absolute Gasteiger partial charge is 0.494 e. The van der Waals surface area contributed by atoms with Crippen LogP contribution in [0.3, 0.4) is 0 Å². The van der Waals surface area contributed by atoms with Crippen LogP contribution in [-0.2, 0) is 26.0 Å². The number of sulfonamides is 1. The number of carbonyl (C=O) groups excluding carboxylic acids is 1. The summed E-state index contributed by atoms with van der Waals surface area (Å²) < 4.78 is 44.5. The average molecular weight is 497 g/mol. The molecule has 1 fully saturated rings. The van der Waals surface area contributed by atoms with E-state index in [9.17, 15) is 13.2 Å². The van der Waals surface area contributed by atoms with Crippen molar-refractivity contribution in [3.05, 3.63) is 78.4 Å². The molecule has 0 radical (unpaired) electrons. The van der Waals surface area contributed by atoms with Gasteiger partial charge in [0.25, 0.3) is 0 Å². The van der Waals surface area contributed by atoms with Crippen LogP contribution in [0.25, 0.3) is 0 Å². The third kappa shape index (κ3) is 6.39. The SMILES string of the molecule is CCOc1ccc(Oc2ccc(S(=O)(=O)N3CCOCC3)cc2NC(=O)Cc2ccccc2)cc1. The Labute approximate surface area is 205 Å². The van der Waals surface area contributed by atoms with Gasteiger partial charge in [0.15, 0.2) is 5.75 Å². The number of benzene rings is 3. The van der Waals surface area contributed by atoms with Crippen molar-refractivity contribution in [3.63, 3.8) is 0 Å². The van der Waals surface area contributed by atoms with E-state index in [1.54, 1.807) is 30.3 Å². The summed E-state index contributed by atoms with van der Waals surface area (Å²) in [5.41, 5.74) is 1.12. The molecule has 9 heteroatoms. The first-order chi connectivity index (χ1) is 17.0. The van der Waals surface area contributed by atoms with Crippen LogP contribution in [0.4, 0.5) is 5.69 Å². The van der Waals surface area contributed by atoms with E-state index in [1.807, 2.05) is 37.3 Å². The van der Waals surface area contributed by atoms with Crippen molar-refractivity contribution in [2.45, 2.75) is 18.2 Å². The highest BCUT2D eigenvalue weighted by Gasteiger charge is 2.27. The van der Waals surface area contributed by atoms with Crippen molar-refractivity contribution < 1.29 is 27.4 Å². The monoisotopic (exact) mass is 496 g/mol. The molecule has 0 unspecified atom stereocenters. The van der Waals surface area contributed by atoms with E-state index in [2.05, 4.69) is 5.32 Å². The number of morpholine rings is 1. The summed E-state index contributed by atoms with van der Waals surface area (Å²) in [6.45, 7) is 3.71. The third-order valence-corrected chi connectivity index (χ3v) is 7.30. The molecule has 0 spiro atoms. The minimum Gasteiger partial charge on any atom is -0.494 e. The Morgan fingerprint density at radius 3 is 2.34 bits per heavy atom. The smallest absolute Gasteiger partial charge is 0.243 e. The lowest BCUT2D eigenvalue weighted by Crippen LogP contribution is -2.40. The van der Waals surface area contributed by atoms with E-state index >= 15 is 0 Å². The molecule has 3 aromatic rings. The number of carbonyl (C=O) groups is 1. The average Bonchev–Trinajstić information content (AvgIpc) is 2.87. The molecule has 8 nitrogen and oxygen atoms in total. The van der Waals surface area contributed by atoms with Gasteiger partial charge in [-0.3, -0.25) is 4.79 Å².